The number of nitrogens with zero attached hydrogens (tertiary/aromatic N) is 1. The maximum absolute atomic E-state index is 12.9. The first-order valence-electron chi connectivity index (χ1n) is 6.45. The summed E-state index contributed by atoms with van der Waals surface area (Å²) in [6, 6.07) is 6.38. The monoisotopic (exact) mass is 312 g/mol. The van der Waals surface area contributed by atoms with Crippen LogP contribution in [0.15, 0.2) is 29.8 Å². The van der Waals surface area contributed by atoms with Crippen molar-refractivity contribution in [2.45, 2.75) is 12.6 Å². The molecule has 0 heterocycles. The van der Waals surface area contributed by atoms with Crippen LogP contribution in [-0.4, -0.2) is 26.2 Å². The van der Waals surface area contributed by atoms with Crippen molar-refractivity contribution < 1.29 is 22.7 Å². The van der Waals surface area contributed by atoms with Crippen LogP contribution in [0.1, 0.15) is 17.5 Å². The van der Waals surface area contributed by atoms with Gasteiger partial charge in [0.05, 0.1) is 5.56 Å². The number of nitriles is 1. The minimum absolute atomic E-state index is 0.224. The first kappa shape index (κ1) is 17.7. The number of nitrogens with one attached hydrogen (secondary N) is 1. The molecule has 0 radical (unpaired) electrons. The van der Waals surface area contributed by atoms with Gasteiger partial charge in [0.1, 0.15) is 11.6 Å². The van der Waals surface area contributed by atoms with Crippen molar-refractivity contribution in [1.82, 2.24) is 5.32 Å². The predicted molar refractivity (Wildman–Crippen MR) is 74.5 cm³/mol. The lowest BCUT2D eigenvalue weighted by Gasteiger charge is -2.10. The van der Waals surface area contributed by atoms with Gasteiger partial charge in [-0.3, -0.25) is 4.79 Å². The van der Waals surface area contributed by atoms with Gasteiger partial charge in [0.15, 0.2) is 0 Å². The molecule has 0 bridgehead atoms. The second kappa shape index (κ2) is 8.20. The summed E-state index contributed by atoms with van der Waals surface area (Å²) >= 11 is 0. The minimum Gasteiger partial charge on any atom is -0.385 e. The average molecular weight is 312 g/mol. The van der Waals surface area contributed by atoms with Gasteiger partial charge in [-0.25, -0.2) is 0 Å². The Hall–Kier alpha value is -2.33. The molecule has 0 aromatic heterocycles. The number of rotatable bonds is 6. The van der Waals surface area contributed by atoms with Crippen LogP contribution >= 0.6 is 0 Å². The largest absolute Gasteiger partial charge is 0.416 e. The summed E-state index contributed by atoms with van der Waals surface area (Å²) in [6.45, 7) is 0.704. The van der Waals surface area contributed by atoms with Crippen LogP contribution in [0.3, 0.4) is 0 Å². The molecule has 1 aromatic carbocycles. The molecule has 1 rings (SSSR count). The van der Waals surface area contributed by atoms with Crippen molar-refractivity contribution >= 4 is 12.0 Å². The fourth-order valence-corrected chi connectivity index (χ4v) is 1.70. The Labute approximate surface area is 126 Å². The second-order valence-electron chi connectivity index (χ2n) is 4.36. The molecule has 0 aliphatic rings. The van der Waals surface area contributed by atoms with E-state index in [4.69, 9.17) is 10.00 Å². The van der Waals surface area contributed by atoms with Crippen LogP contribution in [0.25, 0.3) is 6.08 Å². The molecule has 1 N–H and O–H groups in total. The van der Waals surface area contributed by atoms with Crippen molar-refractivity contribution in [3.8, 4) is 6.07 Å². The van der Waals surface area contributed by atoms with Crippen LogP contribution < -0.4 is 5.32 Å². The molecule has 0 unspecified atom stereocenters. The Bertz CT molecular complexity index is 589. The predicted octanol–water partition coefficient (Wildman–Crippen LogP) is 2.77. The zero-order valence-electron chi connectivity index (χ0n) is 11.9. The topological polar surface area (TPSA) is 62.1 Å². The normalized spacial score (nSPS) is 11.9. The van der Waals surface area contributed by atoms with Crippen molar-refractivity contribution in [3.63, 3.8) is 0 Å². The third kappa shape index (κ3) is 5.22. The third-order valence-corrected chi connectivity index (χ3v) is 2.74. The number of carbonyl (C=O) groups is 1. The lowest BCUT2D eigenvalue weighted by Crippen LogP contribution is -2.26. The summed E-state index contributed by atoms with van der Waals surface area (Å²) in [5.41, 5.74) is -1.50. The second-order valence-corrected chi connectivity index (χ2v) is 4.36. The summed E-state index contributed by atoms with van der Waals surface area (Å²) < 4.78 is 43.4. The molecule has 0 spiro atoms. The average Bonchev–Trinajstić information content (AvgIpc) is 2.48. The molecule has 118 valence electrons. The Morgan fingerprint density at radius 3 is 2.68 bits per heavy atom. The van der Waals surface area contributed by atoms with Crippen LogP contribution in [0.2, 0.25) is 0 Å². The van der Waals surface area contributed by atoms with E-state index in [0.717, 1.165) is 12.1 Å². The maximum Gasteiger partial charge on any atom is 0.416 e. The van der Waals surface area contributed by atoms with Crippen molar-refractivity contribution in [2.75, 3.05) is 20.3 Å². The van der Waals surface area contributed by atoms with E-state index in [9.17, 15) is 18.0 Å². The summed E-state index contributed by atoms with van der Waals surface area (Å²) in [4.78, 5) is 11.8. The summed E-state index contributed by atoms with van der Waals surface area (Å²) in [5.74, 6) is -0.712. The molecular weight excluding hydrogens is 297 g/mol. The zero-order chi connectivity index (χ0) is 16.6. The highest BCUT2D eigenvalue weighted by Crippen LogP contribution is 2.32. The lowest BCUT2D eigenvalue weighted by molar-refractivity contribution is -0.137. The molecule has 0 saturated heterocycles. The zero-order valence-corrected chi connectivity index (χ0v) is 11.9. The van der Waals surface area contributed by atoms with Crippen molar-refractivity contribution in [1.29, 1.82) is 5.26 Å². The number of carbonyl (C=O) groups excluding carboxylic acids is 1. The molecule has 0 aliphatic heterocycles. The molecule has 0 fully saturated rings. The number of amides is 1. The highest BCUT2D eigenvalue weighted by atomic mass is 19.4. The van der Waals surface area contributed by atoms with Gasteiger partial charge in [-0.1, -0.05) is 18.2 Å². The minimum atomic E-state index is -4.55. The molecule has 7 heteroatoms. The van der Waals surface area contributed by atoms with E-state index in [1.807, 2.05) is 0 Å². The first-order valence-corrected chi connectivity index (χ1v) is 6.45. The van der Waals surface area contributed by atoms with Crippen molar-refractivity contribution in [3.05, 3.63) is 41.0 Å². The number of halogens is 3. The number of alkyl halides is 3. The Balaban J connectivity index is 2.94. The van der Waals surface area contributed by atoms with Gasteiger partial charge in [-0.2, -0.15) is 18.4 Å². The summed E-state index contributed by atoms with van der Waals surface area (Å²) in [7, 11) is 1.51. The number of hydrogen-bond donors (Lipinski definition) is 1. The van der Waals surface area contributed by atoms with Gasteiger partial charge in [0, 0.05) is 20.3 Å². The molecule has 0 aliphatic carbocycles. The third-order valence-electron chi connectivity index (χ3n) is 2.74. The SMILES string of the molecule is COCCCNC(=O)/C(C#N)=C/c1ccccc1C(F)(F)F. The maximum atomic E-state index is 12.9. The molecule has 0 saturated carbocycles. The number of benzene rings is 1. The first-order chi connectivity index (χ1) is 10.4. The number of ether oxygens (including phenoxy) is 1. The van der Waals surface area contributed by atoms with E-state index < -0.39 is 17.6 Å². The molecule has 22 heavy (non-hydrogen) atoms. The molecule has 0 atom stereocenters. The fraction of sp³-hybridized carbons (Fsp3) is 0.333. The number of methoxy groups -OCH3 is 1. The van der Waals surface area contributed by atoms with Gasteiger partial charge in [-0.15, -0.1) is 0 Å². The standard InChI is InChI=1S/C15H15F3N2O2/c1-22-8-4-7-20-14(21)12(10-19)9-11-5-2-3-6-13(11)15(16,17)18/h2-3,5-6,9H,4,7-8H2,1H3,(H,20,21)/b12-9+. The Kier molecular flexibility index (Phi) is 6.60. The fourth-order valence-electron chi connectivity index (χ4n) is 1.70. The van der Waals surface area contributed by atoms with E-state index in [-0.39, 0.29) is 17.7 Å². The highest BCUT2D eigenvalue weighted by molar-refractivity contribution is 6.01. The molecule has 1 amide bonds. The molecule has 4 nitrogen and oxygen atoms in total. The van der Waals surface area contributed by atoms with Crippen LogP contribution in [0, 0.1) is 11.3 Å². The van der Waals surface area contributed by atoms with Gasteiger partial charge < -0.3 is 10.1 Å². The van der Waals surface area contributed by atoms with Gasteiger partial charge >= 0.3 is 6.18 Å². The van der Waals surface area contributed by atoms with Crippen LogP contribution in [0.5, 0.6) is 0 Å². The van der Waals surface area contributed by atoms with E-state index in [1.54, 1.807) is 6.07 Å². The van der Waals surface area contributed by atoms with Gasteiger partial charge in [0.25, 0.3) is 5.91 Å². The lowest BCUT2D eigenvalue weighted by atomic mass is 10.0. The Morgan fingerprint density at radius 1 is 1.41 bits per heavy atom. The Morgan fingerprint density at radius 2 is 2.09 bits per heavy atom. The van der Waals surface area contributed by atoms with Crippen LogP contribution in [-0.2, 0) is 15.7 Å². The van der Waals surface area contributed by atoms with E-state index >= 15 is 0 Å². The summed E-state index contributed by atoms with van der Waals surface area (Å²) in [6.07, 6.45) is -3.07. The number of hydrogen-bond acceptors (Lipinski definition) is 3. The molecular formula is C15H15F3N2O2. The van der Waals surface area contributed by atoms with Gasteiger partial charge in [-0.05, 0) is 24.1 Å². The van der Waals surface area contributed by atoms with Crippen molar-refractivity contribution in [2.24, 2.45) is 0 Å². The van der Waals surface area contributed by atoms with Crippen LogP contribution in [0.4, 0.5) is 13.2 Å². The quantitative estimate of drug-likeness (QED) is 0.499. The van der Waals surface area contributed by atoms with Gasteiger partial charge in [0.2, 0.25) is 0 Å². The highest BCUT2D eigenvalue weighted by Gasteiger charge is 2.32. The van der Waals surface area contributed by atoms with E-state index in [1.165, 1.54) is 25.3 Å². The summed E-state index contributed by atoms with van der Waals surface area (Å²) in [5, 5.41) is 11.4. The smallest absolute Gasteiger partial charge is 0.385 e. The van der Waals surface area contributed by atoms with E-state index in [0.29, 0.717) is 13.0 Å². The van der Waals surface area contributed by atoms with E-state index in [2.05, 4.69) is 5.32 Å². The molecule has 1 aromatic rings.